The lowest BCUT2D eigenvalue weighted by atomic mass is 10.2. The molecule has 2 aromatic rings. The van der Waals surface area contributed by atoms with Crippen LogP contribution in [0.5, 0.6) is 23.0 Å². The average molecular weight is 260 g/mol. The van der Waals surface area contributed by atoms with E-state index in [-0.39, 0.29) is 0 Å². The first-order valence-corrected chi connectivity index (χ1v) is 5.76. The largest absolute Gasteiger partial charge is 0.493 e. The highest BCUT2D eigenvalue weighted by atomic mass is 16.5. The van der Waals surface area contributed by atoms with Crippen LogP contribution >= 0.6 is 0 Å². The lowest BCUT2D eigenvalue weighted by molar-refractivity contribution is 0.352. The molecule has 0 amide bonds. The van der Waals surface area contributed by atoms with E-state index in [2.05, 4.69) is 4.98 Å². The molecule has 1 heterocycles. The number of nitrogens with zero attached hydrogens (tertiary/aromatic N) is 1. The Morgan fingerprint density at radius 2 is 1.68 bits per heavy atom. The van der Waals surface area contributed by atoms with E-state index in [1.807, 2.05) is 13.0 Å². The molecule has 0 fully saturated rings. The fourth-order valence-corrected chi connectivity index (χ4v) is 1.66. The number of anilines is 1. The summed E-state index contributed by atoms with van der Waals surface area (Å²) in [5.74, 6) is 2.29. The number of aryl methyl sites for hydroxylation is 1. The molecule has 1 aromatic heterocycles. The molecule has 0 unspecified atom stereocenters. The Morgan fingerprint density at radius 1 is 1.00 bits per heavy atom. The number of rotatable bonds is 4. The predicted octanol–water partition coefficient (Wildman–Crippen LogP) is 2.78. The van der Waals surface area contributed by atoms with Crippen molar-refractivity contribution in [2.24, 2.45) is 0 Å². The number of methoxy groups -OCH3 is 2. The maximum absolute atomic E-state index is 5.94. The van der Waals surface area contributed by atoms with Crippen LogP contribution in [0.4, 0.5) is 5.69 Å². The summed E-state index contributed by atoms with van der Waals surface area (Å²) in [4.78, 5) is 4.16. The van der Waals surface area contributed by atoms with Gasteiger partial charge in [0.1, 0.15) is 5.75 Å². The predicted molar refractivity (Wildman–Crippen MR) is 73.0 cm³/mol. The van der Waals surface area contributed by atoms with Gasteiger partial charge in [-0.2, -0.15) is 0 Å². The van der Waals surface area contributed by atoms with Gasteiger partial charge in [-0.3, -0.25) is 4.98 Å². The van der Waals surface area contributed by atoms with Crippen molar-refractivity contribution in [3.05, 3.63) is 36.2 Å². The van der Waals surface area contributed by atoms with Gasteiger partial charge in [0.05, 0.1) is 25.6 Å². The summed E-state index contributed by atoms with van der Waals surface area (Å²) in [7, 11) is 3.12. The van der Waals surface area contributed by atoms with Crippen molar-refractivity contribution in [2.45, 2.75) is 6.92 Å². The molecule has 0 bridgehead atoms. The molecule has 1 aromatic carbocycles. The van der Waals surface area contributed by atoms with Crippen LogP contribution in [0.3, 0.4) is 0 Å². The summed E-state index contributed by atoms with van der Waals surface area (Å²) in [6.07, 6.45) is 1.71. The molecular weight excluding hydrogens is 244 g/mol. The molecule has 5 heteroatoms. The molecule has 0 spiro atoms. The molecule has 100 valence electrons. The van der Waals surface area contributed by atoms with Gasteiger partial charge in [-0.05, 0) is 19.1 Å². The molecule has 0 saturated carbocycles. The van der Waals surface area contributed by atoms with Gasteiger partial charge in [0.2, 0.25) is 0 Å². The van der Waals surface area contributed by atoms with Gasteiger partial charge >= 0.3 is 0 Å². The first-order chi connectivity index (χ1) is 9.15. The second-order valence-electron chi connectivity index (χ2n) is 3.93. The highest BCUT2D eigenvalue weighted by Crippen LogP contribution is 2.38. The number of hydrogen-bond donors (Lipinski definition) is 1. The van der Waals surface area contributed by atoms with Gasteiger partial charge in [0.15, 0.2) is 17.2 Å². The smallest absolute Gasteiger partial charge is 0.164 e. The standard InChI is InChI=1S/C14H16N2O3/c1-9-11(5-4-6-16-9)19-12-8-14(18-3)13(17-2)7-10(12)15/h4-8H,15H2,1-3H3. The van der Waals surface area contributed by atoms with Gasteiger partial charge in [-0.25, -0.2) is 0 Å². The number of nitrogen functional groups attached to an aromatic ring is 1. The summed E-state index contributed by atoms with van der Waals surface area (Å²) in [5.41, 5.74) is 7.20. The summed E-state index contributed by atoms with van der Waals surface area (Å²) in [5, 5.41) is 0. The van der Waals surface area contributed by atoms with Crippen LogP contribution in [0.15, 0.2) is 30.5 Å². The summed E-state index contributed by atoms with van der Waals surface area (Å²) >= 11 is 0. The molecule has 5 nitrogen and oxygen atoms in total. The van der Waals surface area contributed by atoms with Crippen LogP contribution in [0.2, 0.25) is 0 Å². The molecule has 0 saturated heterocycles. The van der Waals surface area contributed by atoms with Crippen LogP contribution in [0.1, 0.15) is 5.69 Å². The van der Waals surface area contributed by atoms with Gasteiger partial charge in [-0.1, -0.05) is 0 Å². The molecule has 19 heavy (non-hydrogen) atoms. The van der Waals surface area contributed by atoms with Gasteiger partial charge in [0, 0.05) is 18.3 Å². The molecular formula is C14H16N2O3. The maximum Gasteiger partial charge on any atom is 0.164 e. The number of hydrogen-bond acceptors (Lipinski definition) is 5. The third-order valence-corrected chi connectivity index (χ3v) is 2.69. The zero-order valence-electron chi connectivity index (χ0n) is 11.1. The summed E-state index contributed by atoms with van der Waals surface area (Å²) in [6.45, 7) is 1.87. The van der Waals surface area contributed by atoms with Gasteiger partial charge < -0.3 is 19.9 Å². The molecule has 0 aliphatic heterocycles. The van der Waals surface area contributed by atoms with Crippen LogP contribution in [0.25, 0.3) is 0 Å². The third kappa shape index (κ3) is 2.70. The Balaban J connectivity index is 2.38. The van der Waals surface area contributed by atoms with E-state index in [0.717, 1.165) is 5.69 Å². The van der Waals surface area contributed by atoms with E-state index >= 15 is 0 Å². The lowest BCUT2D eigenvalue weighted by Gasteiger charge is -2.14. The monoisotopic (exact) mass is 260 g/mol. The molecule has 0 aliphatic carbocycles. The van der Waals surface area contributed by atoms with Crippen LogP contribution < -0.4 is 19.9 Å². The Hall–Kier alpha value is -2.43. The van der Waals surface area contributed by atoms with Crippen molar-refractivity contribution < 1.29 is 14.2 Å². The number of benzene rings is 1. The fraction of sp³-hybridized carbons (Fsp3) is 0.214. The van der Waals surface area contributed by atoms with Crippen molar-refractivity contribution >= 4 is 5.69 Å². The van der Waals surface area contributed by atoms with Gasteiger partial charge in [-0.15, -0.1) is 0 Å². The minimum atomic E-state index is 0.473. The topological polar surface area (TPSA) is 66.6 Å². The molecule has 0 aliphatic rings. The fourth-order valence-electron chi connectivity index (χ4n) is 1.66. The molecule has 2 N–H and O–H groups in total. The second kappa shape index (κ2) is 5.48. The lowest BCUT2D eigenvalue weighted by Crippen LogP contribution is -1.98. The van der Waals surface area contributed by atoms with Crippen molar-refractivity contribution in [2.75, 3.05) is 20.0 Å². The molecule has 0 atom stereocenters. The van der Waals surface area contributed by atoms with Crippen LogP contribution in [-0.4, -0.2) is 19.2 Å². The number of aromatic nitrogens is 1. The van der Waals surface area contributed by atoms with E-state index in [1.165, 1.54) is 0 Å². The number of nitrogens with two attached hydrogens (primary N) is 1. The first kappa shape index (κ1) is 13.0. The van der Waals surface area contributed by atoms with Crippen molar-refractivity contribution in [1.29, 1.82) is 0 Å². The minimum Gasteiger partial charge on any atom is -0.493 e. The Labute approximate surface area is 111 Å². The highest BCUT2D eigenvalue weighted by Gasteiger charge is 2.11. The molecule has 2 rings (SSSR count). The van der Waals surface area contributed by atoms with E-state index in [9.17, 15) is 0 Å². The maximum atomic E-state index is 5.94. The van der Waals surface area contributed by atoms with E-state index in [1.54, 1.807) is 38.6 Å². The average Bonchev–Trinajstić information content (AvgIpc) is 2.42. The summed E-state index contributed by atoms with van der Waals surface area (Å²) < 4.78 is 16.2. The van der Waals surface area contributed by atoms with E-state index < -0.39 is 0 Å². The Kier molecular flexibility index (Phi) is 3.75. The number of pyridine rings is 1. The third-order valence-electron chi connectivity index (χ3n) is 2.69. The van der Waals surface area contributed by atoms with E-state index in [0.29, 0.717) is 28.7 Å². The SMILES string of the molecule is COc1cc(N)c(Oc2cccnc2C)cc1OC. The zero-order valence-corrected chi connectivity index (χ0v) is 11.1. The normalized spacial score (nSPS) is 10.1. The quantitative estimate of drug-likeness (QED) is 0.856. The number of ether oxygens (including phenoxy) is 3. The Morgan fingerprint density at radius 3 is 2.32 bits per heavy atom. The first-order valence-electron chi connectivity index (χ1n) is 5.76. The van der Waals surface area contributed by atoms with E-state index in [4.69, 9.17) is 19.9 Å². The van der Waals surface area contributed by atoms with Crippen LogP contribution in [0, 0.1) is 6.92 Å². The van der Waals surface area contributed by atoms with Crippen molar-refractivity contribution in [3.63, 3.8) is 0 Å². The van der Waals surface area contributed by atoms with Gasteiger partial charge in [0.25, 0.3) is 0 Å². The minimum absolute atomic E-state index is 0.473. The Bertz CT molecular complexity index is 585. The zero-order chi connectivity index (χ0) is 13.8. The molecule has 0 radical (unpaired) electrons. The second-order valence-corrected chi connectivity index (χ2v) is 3.93. The van der Waals surface area contributed by atoms with Crippen molar-refractivity contribution in [3.8, 4) is 23.0 Å². The van der Waals surface area contributed by atoms with Crippen LogP contribution in [-0.2, 0) is 0 Å². The van der Waals surface area contributed by atoms with Crippen molar-refractivity contribution in [1.82, 2.24) is 4.98 Å². The summed E-state index contributed by atoms with van der Waals surface area (Å²) in [6, 6.07) is 7.00. The highest BCUT2D eigenvalue weighted by molar-refractivity contribution is 5.62.